The summed E-state index contributed by atoms with van der Waals surface area (Å²) in [6.45, 7) is 7.98. The van der Waals surface area contributed by atoms with Crippen molar-refractivity contribution in [2.75, 3.05) is 26.2 Å². The molecular weight excluding hydrogens is 240 g/mol. The minimum Gasteiger partial charge on any atom is -0.440 e. The van der Waals surface area contributed by atoms with Gasteiger partial charge in [0.15, 0.2) is 11.0 Å². The molecule has 0 bridgehead atoms. The monoisotopic (exact) mass is 258 g/mol. The lowest BCUT2D eigenvalue weighted by Gasteiger charge is -2.17. The van der Waals surface area contributed by atoms with E-state index in [-0.39, 0.29) is 16.9 Å². The van der Waals surface area contributed by atoms with Crippen molar-refractivity contribution in [1.82, 2.24) is 10.2 Å². The zero-order valence-electron chi connectivity index (χ0n) is 10.3. The maximum absolute atomic E-state index is 11.6. The lowest BCUT2D eigenvalue weighted by molar-refractivity contribution is 0.0924. The van der Waals surface area contributed by atoms with Gasteiger partial charge in [0.1, 0.15) is 0 Å². The normalized spacial score (nSPS) is 10.8. The van der Waals surface area contributed by atoms with Crippen LogP contribution < -0.4 is 5.32 Å². The Bertz CT molecular complexity index is 348. The Labute approximate surface area is 107 Å². The molecule has 0 aliphatic carbocycles. The molecule has 1 heterocycles. The van der Waals surface area contributed by atoms with Crippen molar-refractivity contribution < 1.29 is 9.21 Å². The average Bonchev–Trinajstić information content (AvgIpc) is 2.76. The fourth-order valence-corrected chi connectivity index (χ4v) is 1.71. The summed E-state index contributed by atoms with van der Waals surface area (Å²) in [5.41, 5.74) is 0. The average molecular weight is 259 g/mol. The highest BCUT2D eigenvalue weighted by atomic mass is 35.5. The van der Waals surface area contributed by atoms with E-state index in [1.807, 2.05) is 0 Å². The van der Waals surface area contributed by atoms with Gasteiger partial charge in [-0.1, -0.05) is 13.8 Å². The quantitative estimate of drug-likeness (QED) is 0.764. The van der Waals surface area contributed by atoms with E-state index in [0.29, 0.717) is 6.54 Å². The Morgan fingerprint density at radius 2 is 2.12 bits per heavy atom. The Balaban J connectivity index is 2.21. The molecule has 1 aromatic heterocycles. The molecule has 0 saturated heterocycles. The van der Waals surface area contributed by atoms with E-state index in [4.69, 9.17) is 16.0 Å². The summed E-state index contributed by atoms with van der Waals surface area (Å²) in [6, 6.07) is 3.13. The molecular formula is C12H19ClN2O2. The van der Waals surface area contributed by atoms with Crippen LogP contribution >= 0.6 is 11.6 Å². The minimum atomic E-state index is -0.212. The van der Waals surface area contributed by atoms with Crippen LogP contribution in [-0.4, -0.2) is 37.0 Å². The van der Waals surface area contributed by atoms with Crippen LogP contribution in [0.5, 0.6) is 0 Å². The van der Waals surface area contributed by atoms with E-state index in [2.05, 4.69) is 24.1 Å². The van der Waals surface area contributed by atoms with Crippen LogP contribution in [0.2, 0.25) is 5.22 Å². The number of hydrogen-bond acceptors (Lipinski definition) is 3. The molecule has 0 atom stereocenters. The lowest BCUT2D eigenvalue weighted by Crippen LogP contribution is -2.29. The van der Waals surface area contributed by atoms with Gasteiger partial charge in [-0.15, -0.1) is 0 Å². The van der Waals surface area contributed by atoms with E-state index in [1.54, 1.807) is 12.1 Å². The summed E-state index contributed by atoms with van der Waals surface area (Å²) in [5.74, 6) is 0.0503. The van der Waals surface area contributed by atoms with Gasteiger partial charge in [0, 0.05) is 6.54 Å². The van der Waals surface area contributed by atoms with Crippen LogP contribution in [0.1, 0.15) is 30.8 Å². The van der Waals surface area contributed by atoms with Crippen molar-refractivity contribution in [3.63, 3.8) is 0 Å². The number of rotatable bonds is 7. The highest BCUT2D eigenvalue weighted by molar-refractivity contribution is 6.29. The molecule has 17 heavy (non-hydrogen) atoms. The molecule has 4 nitrogen and oxygen atoms in total. The standard InChI is InChI=1S/C12H19ClN2O2/c1-3-15(4-2)9-5-8-14-12(16)10-6-7-11(13)17-10/h6-7H,3-5,8-9H2,1-2H3,(H,14,16). The second-order valence-electron chi connectivity index (χ2n) is 3.74. The van der Waals surface area contributed by atoms with Gasteiger partial charge in [-0.05, 0) is 49.8 Å². The summed E-state index contributed by atoms with van der Waals surface area (Å²) >= 11 is 5.59. The fraction of sp³-hybridized carbons (Fsp3) is 0.583. The Morgan fingerprint density at radius 1 is 1.41 bits per heavy atom. The van der Waals surface area contributed by atoms with Gasteiger partial charge in [0.25, 0.3) is 5.91 Å². The number of halogens is 1. The number of carbonyl (C=O) groups excluding carboxylic acids is 1. The van der Waals surface area contributed by atoms with Crippen LogP contribution in [0.4, 0.5) is 0 Å². The van der Waals surface area contributed by atoms with Gasteiger partial charge in [-0.2, -0.15) is 0 Å². The predicted molar refractivity (Wildman–Crippen MR) is 68.5 cm³/mol. The molecule has 0 aliphatic heterocycles. The maximum atomic E-state index is 11.6. The molecule has 0 unspecified atom stereocenters. The van der Waals surface area contributed by atoms with E-state index >= 15 is 0 Å². The molecule has 0 radical (unpaired) electrons. The van der Waals surface area contributed by atoms with Crippen LogP contribution in [-0.2, 0) is 0 Å². The third-order valence-electron chi connectivity index (χ3n) is 2.63. The fourth-order valence-electron chi connectivity index (χ4n) is 1.57. The molecule has 1 N–H and O–H groups in total. The lowest BCUT2D eigenvalue weighted by atomic mass is 10.3. The molecule has 1 amide bonds. The van der Waals surface area contributed by atoms with E-state index in [0.717, 1.165) is 26.1 Å². The predicted octanol–water partition coefficient (Wildman–Crippen LogP) is 2.39. The SMILES string of the molecule is CCN(CC)CCCNC(=O)c1ccc(Cl)o1. The van der Waals surface area contributed by atoms with Crippen LogP contribution in [0, 0.1) is 0 Å². The number of amides is 1. The van der Waals surface area contributed by atoms with Gasteiger partial charge >= 0.3 is 0 Å². The van der Waals surface area contributed by atoms with E-state index < -0.39 is 0 Å². The van der Waals surface area contributed by atoms with Crippen molar-refractivity contribution >= 4 is 17.5 Å². The number of carbonyl (C=O) groups is 1. The third kappa shape index (κ3) is 4.79. The largest absolute Gasteiger partial charge is 0.440 e. The van der Waals surface area contributed by atoms with Crippen molar-refractivity contribution in [2.45, 2.75) is 20.3 Å². The minimum absolute atomic E-state index is 0.212. The van der Waals surface area contributed by atoms with Crippen LogP contribution in [0.15, 0.2) is 16.5 Å². The molecule has 0 spiro atoms. The molecule has 96 valence electrons. The summed E-state index contributed by atoms with van der Waals surface area (Å²) < 4.78 is 5.01. The van der Waals surface area contributed by atoms with Crippen molar-refractivity contribution in [3.8, 4) is 0 Å². The van der Waals surface area contributed by atoms with Gasteiger partial charge in [0.05, 0.1) is 0 Å². The first-order chi connectivity index (χ1) is 8.17. The van der Waals surface area contributed by atoms with E-state index in [1.165, 1.54) is 0 Å². The highest BCUT2D eigenvalue weighted by Crippen LogP contribution is 2.12. The molecule has 0 aliphatic rings. The Morgan fingerprint density at radius 3 is 2.65 bits per heavy atom. The third-order valence-corrected chi connectivity index (χ3v) is 2.83. The molecule has 5 heteroatoms. The number of nitrogens with zero attached hydrogens (tertiary/aromatic N) is 1. The zero-order chi connectivity index (χ0) is 12.7. The van der Waals surface area contributed by atoms with Gasteiger partial charge in [-0.25, -0.2) is 0 Å². The Kier molecular flexibility index (Phi) is 6.08. The molecule has 0 saturated carbocycles. The summed E-state index contributed by atoms with van der Waals surface area (Å²) in [6.07, 6.45) is 0.932. The Hall–Kier alpha value is -1.00. The summed E-state index contributed by atoms with van der Waals surface area (Å²) in [7, 11) is 0. The maximum Gasteiger partial charge on any atom is 0.287 e. The molecule has 0 fully saturated rings. The van der Waals surface area contributed by atoms with Gasteiger partial charge in [-0.3, -0.25) is 4.79 Å². The van der Waals surface area contributed by atoms with Crippen LogP contribution in [0.25, 0.3) is 0 Å². The van der Waals surface area contributed by atoms with Gasteiger partial charge < -0.3 is 14.6 Å². The highest BCUT2D eigenvalue weighted by Gasteiger charge is 2.09. The number of nitrogens with one attached hydrogen (secondary N) is 1. The first-order valence-corrected chi connectivity index (χ1v) is 6.31. The van der Waals surface area contributed by atoms with E-state index in [9.17, 15) is 4.79 Å². The topological polar surface area (TPSA) is 45.5 Å². The molecule has 1 aromatic rings. The van der Waals surface area contributed by atoms with Gasteiger partial charge in [0.2, 0.25) is 0 Å². The zero-order valence-corrected chi connectivity index (χ0v) is 11.1. The first-order valence-electron chi connectivity index (χ1n) is 5.93. The van der Waals surface area contributed by atoms with Crippen molar-refractivity contribution in [3.05, 3.63) is 23.1 Å². The second-order valence-corrected chi connectivity index (χ2v) is 4.11. The second kappa shape index (κ2) is 7.35. The molecule has 0 aromatic carbocycles. The van der Waals surface area contributed by atoms with Crippen molar-refractivity contribution in [1.29, 1.82) is 0 Å². The number of hydrogen-bond donors (Lipinski definition) is 1. The smallest absolute Gasteiger partial charge is 0.287 e. The summed E-state index contributed by atoms with van der Waals surface area (Å²) in [5, 5.41) is 3.03. The van der Waals surface area contributed by atoms with Crippen molar-refractivity contribution in [2.24, 2.45) is 0 Å². The van der Waals surface area contributed by atoms with Crippen LogP contribution in [0.3, 0.4) is 0 Å². The number of furan rings is 1. The molecule has 1 rings (SSSR count). The summed E-state index contributed by atoms with van der Waals surface area (Å²) in [4.78, 5) is 13.9. The first kappa shape index (κ1) is 14.1.